The summed E-state index contributed by atoms with van der Waals surface area (Å²) < 4.78 is 10.5. The fourth-order valence-electron chi connectivity index (χ4n) is 1.45. The van der Waals surface area contributed by atoms with Crippen molar-refractivity contribution in [2.75, 3.05) is 6.79 Å². The maximum atomic E-state index is 6.05. The number of rotatable bonds is 3. The van der Waals surface area contributed by atoms with E-state index in [0.29, 0.717) is 23.1 Å². The first-order chi connectivity index (χ1) is 7.70. The summed E-state index contributed by atoms with van der Waals surface area (Å²) in [7, 11) is 0. The van der Waals surface area contributed by atoms with Gasteiger partial charge in [-0.2, -0.15) is 0 Å². The smallest absolute Gasteiger partial charge is 0.231 e. The second-order valence-electron chi connectivity index (χ2n) is 3.58. The van der Waals surface area contributed by atoms with E-state index in [-0.39, 0.29) is 12.8 Å². The molecule has 1 aliphatic heterocycles. The van der Waals surface area contributed by atoms with Crippen molar-refractivity contribution >= 4 is 11.6 Å². The minimum absolute atomic E-state index is 0.0317. The lowest BCUT2D eigenvalue weighted by atomic mass is 10.2. The van der Waals surface area contributed by atoms with Gasteiger partial charge in [-0.25, -0.2) is 0 Å². The summed E-state index contributed by atoms with van der Waals surface area (Å²) in [5, 5.41) is 3.75. The van der Waals surface area contributed by atoms with Gasteiger partial charge in [0.05, 0.1) is 11.1 Å². The second-order valence-corrected chi connectivity index (χ2v) is 3.99. The van der Waals surface area contributed by atoms with Gasteiger partial charge in [-0.05, 0) is 24.6 Å². The summed E-state index contributed by atoms with van der Waals surface area (Å²) in [5.74, 6) is 3.92. The highest BCUT2D eigenvalue weighted by atomic mass is 35.5. The monoisotopic (exact) mass is 237 g/mol. The Bertz CT molecular complexity index is 439. The van der Waals surface area contributed by atoms with E-state index < -0.39 is 0 Å². The van der Waals surface area contributed by atoms with Crippen LogP contribution in [0.5, 0.6) is 11.5 Å². The van der Waals surface area contributed by atoms with Crippen LogP contribution in [0, 0.1) is 12.3 Å². The highest BCUT2D eigenvalue weighted by Gasteiger charge is 2.18. The molecule has 16 heavy (non-hydrogen) atoms. The number of nitrogens with one attached hydrogen (secondary N) is 1. The van der Waals surface area contributed by atoms with Crippen LogP contribution in [0.1, 0.15) is 12.5 Å². The normalized spacial score (nSPS) is 14.6. The zero-order valence-electron chi connectivity index (χ0n) is 8.92. The van der Waals surface area contributed by atoms with E-state index in [1.54, 1.807) is 0 Å². The highest BCUT2D eigenvalue weighted by Crippen LogP contribution is 2.39. The van der Waals surface area contributed by atoms with Crippen molar-refractivity contribution in [3.63, 3.8) is 0 Å². The van der Waals surface area contributed by atoms with Gasteiger partial charge in [-0.3, -0.25) is 5.32 Å². The highest BCUT2D eigenvalue weighted by molar-refractivity contribution is 6.32. The average Bonchev–Trinajstić information content (AvgIpc) is 2.74. The van der Waals surface area contributed by atoms with Crippen LogP contribution in [-0.4, -0.2) is 12.8 Å². The van der Waals surface area contributed by atoms with Gasteiger partial charge in [-0.15, -0.1) is 6.42 Å². The van der Waals surface area contributed by atoms with Crippen LogP contribution in [0.15, 0.2) is 12.1 Å². The van der Waals surface area contributed by atoms with E-state index in [4.69, 9.17) is 27.5 Å². The molecule has 2 rings (SSSR count). The minimum atomic E-state index is 0.0317. The Labute approximate surface area is 99.7 Å². The number of terminal acetylenes is 1. The zero-order valence-corrected chi connectivity index (χ0v) is 9.67. The van der Waals surface area contributed by atoms with Crippen LogP contribution in [0.3, 0.4) is 0 Å². The zero-order chi connectivity index (χ0) is 11.5. The van der Waals surface area contributed by atoms with Crippen LogP contribution in [0.4, 0.5) is 0 Å². The van der Waals surface area contributed by atoms with Gasteiger partial charge in [0.15, 0.2) is 11.5 Å². The molecule has 0 saturated heterocycles. The Morgan fingerprint density at radius 1 is 1.56 bits per heavy atom. The number of benzene rings is 1. The molecular weight excluding hydrogens is 226 g/mol. The van der Waals surface area contributed by atoms with Crippen molar-refractivity contribution < 1.29 is 9.47 Å². The largest absolute Gasteiger partial charge is 0.454 e. The molecule has 1 unspecified atom stereocenters. The third kappa shape index (κ3) is 2.24. The third-order valence-electron chi connectivity index (χ3n) is 2.35. The quantitative estimate of drug-likeness (QED) is 0.818. The third-order valence-corrected chi connectivity index (χ3v) is 2.63. The van der Waals surface area contributed by atoms with Crippen molar-refractivity contribution in [2.45, 2.75) is 19.5 Å². The van der Waals surface area contributed by atoms with Crippen molar-refractivity contribution in [2.24, 2.45) is 0 Å². The topological polar surface area (TPSA) is 30.5 Å². The number of hydrogen-bond donors (Lipinski definition) is 1. The van der Waals surface area contributed by atoms with Gasteiger partial charge < -0.3 is 9.47 Å². The van der Waals surface area contributed by atoms with Gasteiger partial charge in [-0.1, -0.05) is 17.5 Å². The van der Waals surface area contributed by atoms with Crippen molar-refractivity contribution in [1.29, 1.82) is 0 Å². The van der Waals surface area contributed by atoms with E-state index in [1.807, 2.05) is 19.1 Å². The van der Waals surface area contributed by atoms with E-state index >= 15 is 0 Å². The Balaban J connectivity index is 2.12. The number of hydrogen-bond acceptors (Lipinski definition) is 3. The molecule has 1 aromatic rings. The summed E-state index contributed by atoms with van der Waals surface area (Å²) in [5.41, 5.74) is 1.02. The Morgan fingerprint density at radius 3 is 3.12 bits per heavy atom. The molecule has 4 heteroatoms. The van der Waals surface area contributed by atoms with Crippen molar-refractivity contribution in [3.8, 4) is 23.8 Å². The fourth-order valence-corrected chi connectivity index (χ4v) is 1.74. The summed E-state index contributed by atoms with van der Waals surface area (Å²) >= 11 is 6.05. The molecule has 0 aliphatic carbocycles. The van der Waals surface area contributed by atoms with Gasteiger partial charge in [0, 0.05) is 6.54 Å². The summed E-state index contributed by atoms with van der Waals surface area (Å²) in [4.78, 5) is 0. The molecule has 1 atom stereocenters. The van der Waals surface area contributed by atoms with Crippen molar-refractivity contribution in [1.82, 2.24) is 5.32 Å². The average molecular weight is 238 g/mol. The molecular formula is C12H12ClNO2. The molecule has 1 aliphatic rings. The molecule has 84 valence electrons. The van der Waals surface area contributed by atoms with Gasteiger partial charge in [0.25, 0.3) is 0 Å². The number of halogens is 1. The van der Waals surface area contributed by atoms with Crippen LogP contribution < -0.4 is 14.8 Å². The lowest BCUT2D eigenvalue weighted by Gasteiger charge is -2.08. The van der Waals surface area contributed by atoms with Gasteiger partial charge in [0.2, 0.25) is 6.79 Å². The number of ether oxygens (including phenoxy) is 2. The maximum Gasteiger partial charge on any atom is 0.231 e. The van der Waals surface area contributed by atoms with Crippen LogP contribution in [0.25, 0.3) is 0 Å². The Hall–Kier alpha value is -1.37. The molecule has 0 radical (unpaired) electrons. The van der Waals surface area contributed by atoms with Crippen molar-refractivity contribution in [3.05, 3.63) is 22.7 Å². The van der Waals surface area contributed by atoms with E-state index in [2.05, 4.69) is 11.2 Å². The molecule has 0 saturated carbocycles. The van der Waals surface area contributed by atoms with E-state index in [9.17, 15) is 0 Å². The van der Waals surface area contributed by atoms with Crippen LogP contribution in [-0.2, 0) is 6.54 Å². The molecule has 0 spiro atoms. The summed E-state index contributed by atoms with van der Waals surface area (Å²) in [6.45, 7) is 2.81. The first-order valence-electron chi connectivity index (χ1n) is 4.98. The van der Waals surface area contributed by atoms with E-state index in [0.717, 1.165) is 5.56 Å². The standard InChI is InChI=1S/C12H12ClNO2/c1-3-8(2)14-6-9-4-10(13)12-11(5-9)15-7-16-12/h1,4-5,8,14H,6-7H2,2H3. The van der Waals surface area contributed by atoms with E-state index in [1.165, 1.54) is 0 Å². The minimum Gasteiger partial charge on any atom is -0.454 e. The fraction of sp³-hybridized carbons (Fsp3) is 0.333. The predicted molar refractivity (Wildman–Crippen MR) is 62.7 cm³/mol. The summed E-state index contributed by atoms with van der Waals surface area (Å²) in [6, 6.07) is 3.79. The molecule has 0 bridgehead atoms. The van der Waals surface area contributed by atoms with Crippen LogP contribution in [0.2, 0.25) is 5.02 Å². The molecule has 0 amide bonds. The molecule has 0 fully saturated rings. The first kappa shape index (κ1) is 11.1. The van der Waals surface area contributed by atoms with Gasteiger partial charge >= 0.3 is 0 Å². The molecule has 1 N–H and O–H groups in total. The molecule has 1 heterocycles. The molecule has 3 nitrogen and oxygen atoms in total. The lowest BCUT2D eigenvalue weighted by Crippen LogP contribution is -2.23. The first-order valence-corrected chi connectivity index (χ1v) is 5.36. The molecule has 0 aromatic heterocycles. The maximum absolute atomic E-state index is 6.05. The SMILES string of the molecule is C#CC(C)NCc1cc(Cl)c2c(c1)OCO2. The lowest BCUT2D eigenvalue weighted by molar-refractivity contribution is 0.174. The predicted octanol–water partition coefficient (Wildman–Crippen LogP) is 2.18. The summed E-state index contributed by atoms with van der Waals surface area (Å²) in [6.07, 6.45) is 5.27. The van der Waals surface area contributed by atoms with Gasteiger partial charge in [0.1, 0.15) is 0 Å². The Kier molecular flexibility index (Phi) is 3.23. The number of fused-ring (bicyclic) bond motifs is 1. The van der Waals surface area contributed by atoms with Crippen LogP contribution >= 0.6 is 11.6 Å². The Morgan fingerprint density at radius 2 is 2.38 bits per heavy atom. The second kappa shape index (κ2) is 4.65. The molecule has 1 aromatic carbocycles.